The Morgan fingerprint density at radius 1 is 1.72 bits per heavy atom. The standard InChI is InChI=1S/C12H19N3O2S/c1-15-2-3-17-10(7-15)5-14-6-11-4-9(8-18-11)12(13)16/h4,8,10,14H,2-3,5-7H2,1H3,(H2,13,16). The molecule has 1 aliphatic heterocycles. The highest BCUT2D eigenvalue weighted by Crippen LogP contribution is 2.14. The maximum absolute atomic E-state index is 11.0. The Balaban J connectivity index is 1.72. The Labute approximate surface area is 111 Å². The highest BCUT2D eigenvalue weighted by Gasteiger charge is 2.17. The van der Waals surface area contributed by atoms with Gasteiger partial charge in [0.05, 0.1) is 18.3 Å². The Bertz CT molecular complexity index is 408. The summed E-state index contributed by atoms with van der Waals surface area (Å²) < 4.78 is 5.65. The number of hydrogen-bond acceptors (Lipinski definition) is 5. The van der Waals surface area contributed by atoms with Gasteiger partial charge in [-0.25, -0.2) is 0 Å². The van der Waals surface area contributed by atoms with Crippen molar-refractivity contribution in [3.05, 3.63) is 21.9 Å². The number of rotatable bonds is 5. The van der Waals surface area contributed by atoms with Crippen molar-refractivity contribution in [3.63, 3.8) is 0 Å². The van der Waals surface area contributed by atoms with E-state index in [1.165, 1.54) is 0 Å². The van der Waals surface area contributed by atoms with Crippen LogP contribution >= 0.6 is 11.3 Å². The average Bonchev–Trinajstić information content (AvgIpc) is 2.78. The predicted molar refractivity (Wildman–Crippen MR) is 71.8 cm³/mol. The van der Waals surface area contributed by atoms with Gasteiger partial charge in [0, 0.05) is 36.4 Å². The van der Waals surface area contributed by atoms with E-state index in [0.717, 1.165) is 37.7 Å². The topological polar surface area (TPSA) is 67.6 Å². The minimum absolute atomic E-state index is 0.249. The lowest BCUT2D eigenvalue weighted by Crippen LogP contribution is -2.44. The van der Waals surface area contributed by atoms with E-state index >= 15 is 0 Å². The zero-order chi connectivity index (χ0) is 13.0. The molecular formula is C12H19N3O2S. The average molecular weight is 269 g/mol. The number of ether oxygens (including phenoxy) is 1. The fraction of sp³-hybridized carbons (Fsp3) is 0.583. The van der Waals surface area contributed by atoms with Crippen LogP contribution in [0.5, 0.6) is 0 Å². The molecule has 1 atom stereocenters. The number of nitrogens with two attached hydrogens (primary N) is 1. The number of morpholine rings is 1. The lowest BCUT2D eigenvalue weighted by Gasteiger charge is -2.30. The maximum Gasteiger partial charge on any atom is 0.249 e. The molecule has 2 heterocycles. The van der Waals surface area contributed by atoms with E-state index in [1.807, 2.05) is 6.07 Å². The van der Waals surface area contributed by atoms with E-state index in [4.69, 9.17) is 10.5 Å². The van der Waals surface area contributed by atoms with E-state index in [9.17, 15) is 4.79 Å². The number of thiophene rings is 1. The first-order valence-electron chi connectivity index (χ1n) is 6.03. The van der Waals surface area contributed by atoms with Crippen molar-refractivity contribution < 1.29 is 9.53 Å². The van der Waals surface area contributed by atoms with E-state index in [0.29, 0.717) is 5.56 Å². The zero-order valence-electron chi connectivity index (χ0n) is 10.5. The number of nitrogens with one attached hydrogen (secondary N) is 1. The molecule has 3 N–H and O–H groups in total. The third kappa shape index (κ3) is 3.78. The van der Waals surface area contributed by atoms with Gasteiger partial charge in [0.2, 0.25) is 5.91 Å². The highest BCUT2D eigenvalue weighted by molar-refractivity contribution is 7.10. The summed E-state index contributed by atoms with van der Waals surface area (Å²) in [6, 6.07) is 1.84. The lowest BCUT2D eigenvalue weighted by molar-refractivity contribution is -0.0181. The molecule has 1 aliphatic rings. The SMILES string of the molecule is CN1CCOC(CNCc2cc(C(N)=O)cs2)C1. The van der Waals surface area contributed by atoms with Crippen molar-refractivity contribution >= 4 is 17.2 Å². The summed E-state index contributed by atoms with van der Waals surface area (Å²) in [6.07, 6.45) is 0.249. The first-order valence-corrected chi connectivity index (χ1v) is 6.91. The normalized spacial score (nSPS) is 21.1. The van der Waals surface area contributed by atoms with Gasteiger partial charge >= 0.3 is 0 Å². The molecule has 1 fully saturated rings. The van der Waals surface area contributed by atoms with Crippen LogP contribution in [-0.4, -0.2) is 50.2 Å². The zero-order valence-corrected chi connectivity index (χ0v) is 11.3. The van der Waals surface area contributed by atoms with Crippen molar-refractivity contribution in [2.45, 2.75) is 12.6 Å². The van der Waals surface area contributed by atoms with Gasteiger partial charge in [-0.15, -0.1) is 11.3 Å². The second-order valence-corrected chi connectivity index (χ2v) is 5.55. The van der Waals surface area contributed by atoms with Crippen LogP contribution in [0.3, 0.4) is 0 Å². The number of likely N-dealkylation sites (N-methyl/N-ethyl adjacent to an activating group) is 1. The van der Waals surface area contributed by atoms with Gasteiger partial charge < -0.3 is 20.7 Å². The second-order valence-electron chi connectivity index (χ2n) is 4.55. The molecule has 1 amide bonds. The summed E-state index contributed by atoms with van der Waals surface area (Å²) >= 11 is 1.55. The van der Waals surface area contributed by atoms with Crippen molar-refractivity contribution in [1.82, 2.24) is 10.2 Å². The molecule has 18 heavy (non-hydrogen) atoms. The van der Waals surface area contributed by atoms with Crippen molar-refractivity contribution in [2.24, 2.45) is 5.73 Å². The van der Waals surface area contributed by atoms with Gasteiger partial charge in [0.25, 0.3) is 0 Å². The molecular weight excluding hydrogens is 250 g/mol. The molecule has 1 saturated heterocycles. The quantitative estimate of drug-likeness (QED) is 0.805. The van der Waals surface area contributed by atoms with Crippen LogP contribution in [0.4, 0.5) is 0 Å². The molecule has 0 bridgehead atoms. The number of nitrogens with zero attached hydrogens (tertiary/aromatic N) is 1. The van der Waals surface area contributed by atoms with Crippen LogP contribution in [-0.2, 0) is 11.3 Å². The summed E-state index contributed by atoms with van der Waals surface area (Å²) in [5, 5.41) is 5.15. The minimum atomic E-state index is -0.366. The molecule has 6 heteroatoms. The van der Waals surface area contributed by atoms with Gasteiger partial charge in [0.1, 0.15) is 0 Å². The van der Waals surface area contributed by atoms with Gasteiger partial charge in [-0.3, -0.25) is 4.79 Å². The van der Waals surface area contributed by atoms with Crippen molar-refractivity contribution in [3.8, 4) is 0 Å². The first-order chi connectivity index (χ1) is 8.65. The summed E-state index contributed by atoms with van der Waals surface area (Å²) in [7, 11) is 2.11. The monoisotopic (exact) mass is 269 g/mol. The third-order valence-corrected chi connectivity index (χ3v) is 3.89. The maximum atomic E-state index is 11.0. The van der Waals surface area contributed by atoms with Crippen LogP contribution in [0.15, 0.2) is 11.4 Å². The Morgan fingerprint density at radius 3 is 3.22 bits per heavy atom. The van der Waals surface area contributed by atoms with E-state index in [-0.39, 0.29) is 12.0 Å². The van der Waals surface area contributed by atoms with Crippen LogP contribution in [0.1, 0.15) is 15.2 Å². The van der Waals surface area contributed by atoms with Gasteiger partial charge in [-0.05, 0) is 13.1 Å². The van der Waals surface area contributed by atoms with Crippen LogP contribution in [0.2, 0.25) is 0 Å². The number of carbonyl (C=O) groups excluding carboxylic acids is 1. The molecule has 2 rings (SSSR count). The molecule has 0 aliphatic carbocycles. The molecule has 100 valence electrons. The van der Waals surface area contributed by atoms with E-state index in [2.05, 4.69) is 17.3 Å². The predicted octanol–water partition coefficient (Wildman–Crippen LogP) is 0.267. The third-order valence-electron chi connectivity index (χ3n) is 2.95. The Morgan fingerprint density at radius 2 is 2.56 bits per heavy atom. The summed E-state index contributed by atoms with van der Waals surface area (Å²) in [5.74, 6) is -0.366. The molecule has 0 spiro atoms. The highest BCUT2D eigenvalue weighted by atomic mass is 32.1. The van der Waals surface area contributed by atoms with E-state index in [1.54, 1.807) is 16.7 Å². The molecule has 1 unspecified atom stereocenters. The summed E-state index contributed by atoms with van der Waals surface area (Å²) in [6.45, 7) is 4.34. The molecule has 1 aromatic heterocycles. The molecule has 1 aromatic rings. The van der Waals surface area contributed by atoms with Crippen molar-refractivity contribution in [2.75, 3.05) is 33.3 Å². The molecule has 0 aromatic carbocycles. The van der Waals surface area contributed by atoms with Gasteiger partial charge in [-0.1, -0.05) is 0 Å². The minimum Gasteiger partial charge on any atom is -0.374 e. The van der Waals surface area contributed by atoms with Crippen LogP contribution in [0, 0.1) is 0 Å². The summed E-state index contributed by atoms with van der Waals surface area (Å²) in [4.78, 5) is 14.3. The Kier molecular flexibility index (Phi) is 4.71. The molecule has 0 saturated carbocycles. The Hall–Kier alpha value is -0.950. The number of hydrogen-bond donors (Lipinski definition) is 2. The fourth-order valence-electron chi connectivity index (χ4n) is 1.95. The molecule has 5 nitrogen and oxygen atoms in total. The second kappa shape index (κ2) is 6.29. The molecule has 0 radical (unpaired) electrons. The smallest absolute Gasteiger partial charge is 0.249 e. The number of amides is 1. The van der Waals surface area contributed by atoms with Crippen molar-refractivity contribution in [1.29, 1.82) is 0 Å². The number of primary amides is 1. The van der Waals surface area contributed by atoms with Crippen LogP contribution in [0.25, 0.3) is 0 Å². The fourth-order valence-corrected chi connectivity index (χ4v) is 2.79. The van der Waals surface area contributed by atoms with E-state index < -0.39 is 0 Å². The lowest BCUT2D eigenvalue weighted by atomic mass is 10.2. The summed E-state index contributed by atoms with van der Waals surface area (Å²) in [5.41, 5.74) is 5.80. The first kappa shape index (κ1) is 13.5. The van der Waals surface area contributed by atoms with Crippen LogP contribution < -0.4 is 11.1 Å². The van der Waals surface area contributed by atoms with Gasteiger partial charge in [-0.2, -0.15) is 0 Å². The largest absolute Gasteiger partial charge is 0.374 e. The van der Waals surface area contributed by atoms with Gasteiger partial charge in [0.15, 0.2) is 0 Å². The number of carbonyl (C=O) groups is 1.